The Morgan fingerprint density at radius 2 is 1.94 bits per heavy atom. The zero-order valence-electron chi connectivity index (χ0n) is 10.6. The highest BCUT2D eigenvalue weighted by Crippen LogP contribution is 2.40. The average Bonchev–Trinajstić information content (AvgIpc) is 3.10. The van der Waals surface area contributed by atoms with Crippen LogP contribution in [0.25, 0.3) is 0 Å². The van der Waals surface area contributed by atoms with E-state index in [1.807, 2.05) is 12.1 Å². The van der Waals surface area contributed by atoms with E-state index in [2.05, 4.69) is 24.3 Å². The molecule has 94 valence electrons. The first-order valence-electron chi connectivity index (χ1n) is 6.30. The second-order valence-corrected chi connectivity index (χ2v) is 5.12. The molecule has 2 rings (SSSR count). The van der Waals surface area contributed by atoms with Gasteiger partial charge in [0.25, 0.3) is 0 Å². The largest absolute Gasteiger partial charge is 0.308 e. The predicted molar refractivity (Wildman–Crippen MR) is 68.4 cm³/mol. The molecule has 1 aliphatic carbocycles. The van der Waals surface area contributed by atoms with Gasteiger partial charge in [0.2, 0.25) is 0 Å². The molecule has 1 N–H and O–H groups in total. The fourth-order valence-electron chi connectivity index (χ4n) is 2.10. The highest BCUT2D eigenvalue weighted by Gasteiger charge is 2.31. The predicted octanol–water partition coefficient (Wildman–Crippen LogP) is 2.43. The van der Waals surface area contributed by atoms with Crippen LogP contribution in [0.2, 0.25) is 0 Å². The van der Waals surface area contributed by atoms with E-state index in [-0.39, 0.29) is 5.82 Å². The Balaban J connectivity index is 1.94. The number of likely N-dealkylation sites (N-methyl/N-ethyl adjacent to an activating group) is 1. The Bertz CT molecular complexity index is 344. The summed E-state index contributed by atoms with van der Waals surface area (Å²) in [6, 6.07) is 7.31. The van der Waals surface area contributed by atoms with Crippen molar-refractivity contribution in [3.8, 4) is 0 Å². The summed E-state index contributed by atoms with van der Waals surface area (Å²) in [6.07, 6.45) is 2.58. The van der Waals surface area contributed by atoms with Crippen molar-refractivity contribution in [2.24, 2.45) is 5.92 Å². The Hall–Kier alpha value is -0.930. The lowest BCUT2D eigenvalue weighted by atomic mass is 10.0. The zero-order chi connectivity index (χ0) is 12.3. The summed E-state index contributed by atoms with van der Waals surface area (Å²) in [5, 5.41) is 3.58. The van der Waals surface area contributed by atoms with Gasteiger partial charge >= 0.3 is 0 Å². The lowest BCUT2D eigenvalue weighted by Crippen LogP contribution is -2.30. The number of benzene rings is 1. The minimum atomic E-state index is -0.156. The molecular formula is C14H21FN2. The Morgan fingerprint density at radius 3 is 2.47 bits per heavy atom. The number of nitrogens with zero attached hydrogens (tertiary/aromatic N) is 1. The maximum Gasteiger partial charge on any atom is 0.123 e. The Morgan fingerprint density at radius 1 is 1.29 bits per heavy atom. The Labute approximate surface area is 103 Å². The van der Waals surface area contributed by atoms with Gasteiger partial charge in [0.15, 0.2) is 0 Å². The fraction of sp³-hybridized carbons (Fsp3) is 0.571. The third kappa shape index (κ3) is 3.79. The second kappa shape index (κ2) is 5.61. The van der Waals surface area contributed by atoms with E-state index in [1.165, 1.54) is 18.4 Å². The van der Waals surface area contributed by atoms with E-state index in [4.69, 9.17) is 0 Å². The van der Waals surface area contributed by atoms with Crippen LogP contribution in [-0.2, 0) is 0 Å². The van der Waals surface area contributed by atoms with Crippen molar-refractivity contribution in [1.29, 1.82) is 0 Å². The van der Waals surface area contributed by atoms with E-state index in [0.29, 0.717) is 6.04 Å². The highest BCUT2D eigenvalue weighted by atomic mass is 19.1. The fourth-order valence-corrected chi connectivity index (χ4v) is 2.10. The van der Waals surface area contributed by atoms with Gasteiger partial charge in [0.1, 0.15) is 5.82 Å². The molecule has 0 bridgehead atoms. The first kappa shape index (κ1) is 12.5. The number of hydrogen-bond acceptors (Lipinski definition) is 2. The summed E-state index contributed by atoms with van der Waals surface area (Å²) in [6.45, 7) is 2.01. The molecule has 0 amide bonds. The molecule has 1 unspecified atom stereocenters. The summed E-state index contributed by atoms with van der Waals surface area (Å²) >= 11 is 0. The first-order chi connectivity index (χ1) is 8.16. The third-order valence-corrected chi connectivity index (χ3v) is 3.25. The van der Waals surface area contributed by atoms with Gasteiger partial charge in [-0.25, -0.2) is 4.39 Å². The number of hydrogen-bond donors (Lipinski definition) is 1. The maximum atomic E-state index is 12.9. The van der Waals surface area contributed by atoms with Crippen molar-refractivity contribution >= 4 is 0 Å². The molecule has 17 heavy (non-hydrogen) atoms. The van der Waals surface area contributed by atoms with Crippen molar-refractivity contribution < 1.29 is 4.39 Å². The molecule has 1 aromatic carbocycles. The van der Waals surface area contributed by atoms with Crippen LogP contribution < -0.4 is 5.32 Å². The number of halogens is 1. The molecule has 0 spiro atoms. The van der Waals surface area contributed by atoms with Crippen LogP contribution in [0.4, 0.5) is 4.39 Å². The standard InChI is InChI=1S/C14H21FN2/c1-17(2)10-9-16-14(11-3-4-11)12-5-7-13(15)8-6-12/h5-8,11,14,16H,3-4,9-10H2,1-2H3. The van der Waals surface area contributed by atoms with Crippen LogP contribution in [-0.4, -0.2) is 32.1 Å². The van der Waals surface area contributed by atoms with E-state index in [0.717, 1.165) is 19.0 Å². The maximum absolute atomic E-state index is 12.9. The summed E-state index contributed by atoms with van der Waals surface area (Å²) in [5.41, 5.74) is 1.22. The molecule has 0 aliphatic heterocycles. The molecule has 0 heterocycles. The normalized spacial score (nSPS) is 17.4. The SMILES string of the molecule is CN(C)CCNC(c1ccc(F)cc1)C1CC1. The van der Waals surface area contributed by atoms with Crippen molar-refractivity contribution in [1.82, 2.24) is 10.2 Å². The van der Waals surface area contributed by atoms with E-state index in [1.54, 1.807) is 12.1 Å². The smallest absolute Gasteiger partial charge is 0.123 e. The molecule has 1 saturated carbocycles. The zero-order valence-corrected chi connectivity index (χ0v) is 10.6. The van der Waals surface area contributed by atoms with Gasteiger partial charge < -0.3 is 10.2 Å². The molecular weight excluding hydrogens is 215 g/mol. The molecule has 1 atom stereocenters. The van der Waals surface area contributed by atoms with E-state index >= 15 is 0 Å². The van der Waals surface area contributed by atoms with Gasteiger partial charge in [-0.05, 0) is 50.6 Å². The third-order valence-electron chi connectivity index (χ3n) is 3.25. The summed E-state index contributed by atoms with van der Waals surface area (Å²) in [5.74, 6) is 0.583. The molecule has 3 heteroatoms. The van der Waals surface area contributed by atoms with Gasteiger partial charge in [-0.2, -0.15) is 0 Å². The van der Waals surface area contributed by atoms with Crippen LogP contribution in [0, 0.1) is 11.7 Å². The summed E-state index contributed by atoms with van der Waals surface area (Å²) < 4.78 is 12.9. The molecule has 1 aliphatic rings. The van der Waals surface area contributed by atoms with Crippen LogP contribution in [0.3, 0.4) is 0 Å². The minimum absolute atomic E-state index is 0.156. The molecule has 1 fully saturated rings. The van der Waals surface area contributed by atoms with Gasteiger partial charge in [0, 0.05) is 19.1 Å². The van der Waals surface area contributed by atoms with Gasteiger partial charge in [-0.3, -0.25) is 0 Å². The number of nitrogens with one attached hydrogen (secondary N) is 1. The monoisotopic (exact) mass is 236 g/mol. The first-order valence-corrected chi connectivity index (χ1v) is 6.30. The highest BCUT2D eigenvalue weighted by molar-refractivity contribution is 5.22. The molecule has 0 aromatic heterocycles. The number of rotatable bonds is 6. The van der Waals surface area contributed by atoms with Gasteiger partial charge in [0.05, 0.1) is 0 Å². The van der Waals surface area contributed by atoms with Crippen LogP contribution in [0.15, 0.2) is 24.3 Å². The van der Waals surface area contributed by atoms with Gasteiger partial charge in [-0.15, -0.1) is 0 Å². The van der Waals surface area contributed by atoms with Crippen molar-refractivity contribution in [3.63, 3.8) is 0 Å². The quantitative estimate of drug-likeness (QED) is 0.816. The van der Waals surface area contributed by atoms with Crippen molar-refractivity contribution in [2.45, 2.75) is 18.9 Å². The summed E-state index contributed by atoms with van der Waals surface area (Å²) in [7, 11) is 4.15. The van der Waals surface area contributed by atoms with E-state index in [9.17, 15) is 4.39 Å². The van der Waals surface area contributed by atoms with Crippen LogP contribution in [0.5, 0.6) is 0 Å². The lowest BCUT2D eigenvalue weighted by Gasteiger charge is -2.20. The molecule has 2 nitrogen and oxygen atoms in total. The lowest BCUT2D eigenvalue weighted by molar-refractivity contribution is 0.374. The molecule has 0 saturated heterocycles. The van der Waals surface area contributed by atoms with Gasteiger partial charge in [-0.1, -0.05) is 12.1 Å². The average molecular weight is 236 g/mol. The van der Waals surface area contributed by atoms with Crippen molar-refractivity contribution in [2.75, 3.05) is 27.2 Å². The van der Waals surface area contributed by atoms with Crippen molar-refractivity contribution in [3.05, 3.63) is 35.6 Å². The molecule has 0 radical (unpaired) electrons. The topological polar surface area (TPSA) is 15.3 Å². The van der Waals surface area contributed by atoms with Crippen LogP contribution in [0.1, 0.15) is 24.4 Å². The Kier molecular flexibility index (Phi) is 4.13. The minimum Gasteiger partial charge on any atom is -0.308 e. The molecule has 1 aromatic rings. The van der Waals surface area contributed by atoms with E-state index < -0.39 is 0 Å². The van der Waals surface area contributed by atoms with Crippen LogP contribution >= 0.6 is 0 Å². The second-order valence-electron chi connectivity index (χ2n) is 5.12. The summed E-state index contributed by atoms with van der Waals surface area (Å²) in [4.78, 5) is 2.17.